The van der Waals surface area contributed by atoms with Crippen molar-refractivity contribution in [1.82, 2.24) is 9.97 Å². The molecule has 2 saturated heterocycles. The molecule has 1 N–H and O–H groups in total. The number of anilines is 1. The molecule has 3 atom stereocenters. The van der Waals surface area contributed by atoms with E-state index in [4.69, 9.17) is 4.74 Å². The molecular weight excluding hydrogens is 234 g/mol. The number of aromatic nitrogens is 2. The summed E-state index contributed by atoms with van der Waals surface area (Å²) < 4.78 is 5.85. The number of fused-ring (bicyclic) bond motifs is 3. The van der Waals surface area contributed by atoms with Crippen molar-refractivity contribution < 1.29 is 4.74 Å². The highest BCUT2D eigenvalue weighted by atomic mass is 32.1. The molecule has 88 valence electrons. The molecule has 2 aromatic rings. The van der Waals surface area contributed by atoms with Gasteiger partial charge in [-0.05, 0) is 30.7 Å². The lowest BCUT2D eigenvalue weighted by atomic mass is 9.95. The molecule has 4 nitrogen and oxygen atoms in total. The van der Waals surface area contributed by atoms with Gasteiger partial charge < -0.3 is 10.1 Å². The van der Waals surface area contributed by atoms with Crippen molar-refractivity contribution >= 4 is 27.4 Å². The SMILES string of the molecule is c1nc(NC2CC3CCC2O3)c2ccsc2n1. The Morgan fingerprint density at radius 1 is 1.35 bits per heavy atom. The fraction of sp³-hybridized carbons (Fsp3) is 0.500. The van der Waals surface area contributed by atoms with Crippen LogP contribution in [0.3, 0.4) is 0 Å². The van der Waals surface area contributed by atoms with Gasteiger partial charge in [0.2, 0.25) is 0 Å². The summed E-state index contributed by atoms with van der Waals surface area (Å²) in [4.78, 5) is 9.66. The van der Waals surface area contributed by atoms with Crippen LogP contribution in [0.5, 0.6) is 0 Å². The van der Waals surface area contributed by atoms with Gasteiger partial charge in [-0.25, -0.2) is 9.97 Å². The molecule has 17 heavy (non-hydrogen) atoms. The van der Waals surface area contributed by atoms with Crippen molar-refractivity contribution in [2.45, 2.75) is 37.5 Å². The van der Waals surface area contributed by atoms with Gasteiger partial charge in [0.25, 0.3) is 0 Å². The van der Waals surface area contributed by atoms with Gasteiger partial charge in [-0.15, -0.1) is 11.3 Å². The van der Waals surface area contributed by atoms with Gasteiger partial charge >= 0.3 is 0 Å². The highest BCUT2D eigenvalue weighted by Gasteiger charge is 2.40. The predicted octanol–water partition coefficient (Wildman–Crippen LogP) is 2.42. The first-order chi connectivity index (χ1) is 8.40. The fourth-order valence-electron chi connectivity index (χ4n) is 2.87. The fourth-order valence-corrected chi connectivity index (χ4v) is 3.60. The van der Waals surface area contributed by atoms with E-state index in [2.05, 4.69) is 26.7 Å². The molecule has 2 bridgehead atoms. The number of hydrogen-bond donors (Lipinski definition) is 1. The van der Waals surface area contributed by atoms with Crippen LogP contribution in [-0.2, 0) is 4.74 Å². The smallest absolute Gasteiger partial charge is 0.138 e. The minimum atomic E-state index is 0.378. The largest absolute Gasteiger partial charge is 0.373 e. The molecule has 5 heteroatoms. The summed E-state index contributed by atoms with van der Waals surface area (Å²) >= 11 is 1.65. The second kappa shape index (κ2) is 3.65. The Balaban J connectivity index is 1.65. The van der Waals surface area contributed by atoms with Gasteiger partial charge in [-0.1, -0.05) is 0 Å². The second-order valence-corrected chi connectivity index (χ2v) is 5.62. The minimum Gasteiger partial charge on any atom is -0.373 e. The lowest BCUT2D eigenvalue weighted by Crippen LogP contribution is -2.30. The van der Waals surface area contributed by atoms with Crippen LogP contribution in [0.25, 0.3) is 10.2 Å². The van der Waals surface area contributed by atoms with E-state index >= 15 is 0 Å². The zero-order valence-corrected chi connectivity index (χ0v) is 10.1. The van der Waals surface area contributed by atoms with Gasteiger partial charge in [0.05, 0.1) is 23.6 Å². The van der Waals surface area contributed by atoms with E-state index in [1.807, 2.05) is 0 Å². The molecule has 2 aliphatic heterocycles. The Morgan fingerprint density at radius 3 is 3.18 bits per heavy atom. The molecule has 0 amide bonds. The Morgan fingerprint density at radius 2 is 2.35 bits per heavy atom. The van der Waals surface area contributed by atoms with E-state index in [0.717, 1.165) is 22.5 Å². The van der Waals surface area contributed by atoms with E-state index < -0.39 is 0 Å². The monoisotopic (exact) mass is 247 g/mol. The average molecular weight is 247 g/mol. The topological polar surface area (TPSA) is 47.0 Å². The van der Waals surface area contributed by atoms with E-state index in [0.29, 0.717) is 18.2 Å². The quantitative estimate of drug-likeness (QED) is 0.885. The molecule has 2 aliphatic rings. The van der Waals surface area contributed by atoms with Crippen molar-refractivity contribution in [3.05, 3.63) is 17.8 Å². The summed E-state index contributed by atoms with van der Waals surface area (Å²) in [5, 5.41) is 6.71. The normalized spacial score (nSPS) is 31.2. The molecule has 3 unspecified atom stereocenters. The van der Waals surface area contributed by atoms with Crippen LogP contribution in [0.4, 0.5) is 5.82 Å². The van der Waals surface area contributed by atoms with E-state index in [1.165, 1.54) is 12.8 Å². The Labute approximate surface area is 103 Å². The van der Waals surface area contributed by atoms with Gasteiger partial charge in [0, 0.05) is 0 Å². The lowest BCUT2D eigenvalue weighted by Gasteiger charge is -2.20. The molecule has 2 fully saturated rings. The highest BCUT2D eigenvalue weighted by Crippen LogP contribution is 2.36. The van der Waals surface area contributed by atoms with Crippen molar-refractivity contribution in [1.29, 1.82) is 0 Å². The lowest BCUT2D eigenvalue weighted by molar-refractivity contribution is 0.102. The van der Waals surface area contributed by atoms with E-state index in [9.17, 15) is 0 Å². The first kappa shape index (κ1) is 9.79. The molecule has 0 aromatic carbocycles. The maximum absolute atomic E-state index is 5.85. The van der Waals surface area contributed by atoms with Crippen molar-refractivity contribution in [3.8, 4) is 0 Å². The van der Waals surface area contributed by atoms with Gasteiger partial charge in [-0.2, -0.15) is 0 Å². The Bertz CT molecular complexity index is 555. The Kier molecular flexibility index (Phi) is 2.10. The first-order valence-electron chi connectivity index (χ1n) is 6.00. The van der Waals surface area contributed by atoms with Gasteiger partial charge in [0.15, 0.2) is 0 Å². The number of ether oxygens (including phenoxy) is 1. The average Bonchev–Trinajstić information content (AvgIpc) is 3.04. The number of rotatable bonds is 2. The van der Waals surface area contributed by atoms with Gasteiger partial charge in [-0.3, -0.25) is 0 Å². The second-order valence-electron chi connectivity index (χ2n) is 4.72. The van der Waals surface area contributed by atoms with E-state index in [-0.39, 0.29) is 0 Å². The number of nitrogens with one attached hydrogen (secondary N) is 1. The minimum absolute atomic E-state index is 0.378. The summed E-state index contributed by atoms with van der Waals surface area (Å²) in [7, 11) is 0. The maximum Gasteiger partial charge on any atom is 0.138 e. The molecule has 4 rings (SSSR count). The van der Waals surface area contributed by atoms with Crippen molar-refractivity contribution in [2.75, 3.05) is 5.32 Å². The zero-order valence-electron chi connectivity index (χ0n) is 9.30. The highest BCUT2D eigenvalue weighted by molar-refractivity contribution is 7.16. The molecule has 0 aliphatic carbocycles. The number of thiophene rings is 1. The maximum atomic E-state index is 5.85. The van der Waals surface area contributed by atoms with Crippen LogP contribution in [0.2, 0.25) is 0 Å². The van der Waals surface area contributed by atoms with Crippen LogP contribution in [0.15, 0.2) is 17.8 Å². The van der Waals surface area contributed by atoms with Crippen molar-refractivity contribution in [2.24, 2.45) is 0 Å². The number of hydrogen-bond acceptors (Lipinski definition) is 5. The van der Waals surface area contributed by atoms with Crippen LogP contribution in [0, 0.1) is 0 Å². The van der Waals surface area contributed by atoms with Crippen LogP contribution in [-0.4, -0.2) is 28.2 Å². The third-order valence-electron chi connectivity index (χ3n) is 3.69. The molecule has 4 heterocycles. The molecule has 0 saturated carbocycles. The summed E-state index contributed by atoms with van der Waals surface area (Å²) in [5.41, 5.74) is 0. The standard InChI is InChI=1S/C12H13N3OS/c1-2-10-9(5-7(1)16-10)15-11-8-3-4-17-12(8)14-6-13-11/h3-4,6-7,9-10H,1-2,5H2,(H,13,14,15). The molecule has 0 spiro atoms. The molecule has 0 radical (unpaired) electrons. The molecule has 2 aromatic heterocycles. The summed E-state index contributed by atoms with van der Waals surface area (Å²) in [6, 6.07) is 2.50. The third-order valence-corrected chi connectivity index (χ3v) is 4.51. The zero-order chi connectivity index (χ0) is 11.2. The summed E-state index contributed by atoms with van der Waals surface area (Å²) in [5.74, 6) is 0.956. The molecular formula is C12H13N3OS. The predicted molar refractivity (Wildman–Crippen MR) is 67.3 cm³/mol. The van der Waals surface area contributed by atoms with E-state index in [1.54, 1.807) is 17.7 Å². The van der Waals surface area contributed by atoms with Crippen LogP contribution >= 0.6 is 11.3 Å². The van der Waals surface area contributed by atoms with Crippen molar-refractivity contribution in [3.63, 3.8) is 0 Å². The summed E-state index contributed by atoms with van der Waals surface area (Å²) in [6.45, 7) is 0. The third kappa shape index (κ3) is 1.53. The first-order valence-corrected chi connectivity index (χ1v) is 6.88. The number of nitrogens with zero attached hydrogens (tertiary/aromatic N) is 2. The van der Waals surface area contributed by atoms with Crippen LogP contribution < -0.4 is 5.32 Å². The Hall–Kier alpha value is -1.20. The summed E-state index contributed by atoms with van der Waals surface area (Å²) in [6.07, 6.45) is 6.00. The van der Waals surface area contributed by atoms with Gasteiger partial charge in [0.1, 0.15) is 17.0 Å². The van der Waals surface area contributed by atoms with Crippen LogP contribution in [0.1, 0.15) is 19.3 Å².